The van der Waals surface area contributed by atoms with Crippen molar-refractivity contribution < 1.29 is 14.6 Å². The lowest BCUT2D eigenvalue weighted by atomic mass is 10.2. The second kappa shape index (κ2) is 7.53. The minimum Gasteiger partial charge on any atom is -0.269 e. The van der Waals surface area contributed by atoms with Gasteiger partial charge in [0.05, 0.1) is 22.9 Å². The normalized spacial score (nSPS) is 10.5. The fourth-order valence-electron chi connectivity index (χ4n) is 2.33. The number of benzene rings is 2. The van der Waals surface area contributed by atoms with Crippen molar-refractivity contribution in [2.24, 2.45) is 0 Å². The molecule has 0 aliphatic heterocycles. The smallest absolute Gasteiger partial charge is 0.269 e. The largest absolute Gasteiger partial charge is 0.297 e. The Morgan fingerprint density at radius 3 is 2.73 bits per heavy atom. The van der Waals surface area contributed by atoms with E-state index in [0.717, 1.165) is 5.56 Å². The van der Waals surface area contributed by atoms with E-state index in [0.29, 0.717) is 11.4 Å². The van der Waals surface area contributed by atoms with Crippen molar-refractivity contribution in [1.29, 1.82) is 0 Å². The first-order chi connectivity index (χ1) is 12.6. The molecule has 0 aliphatic carbocycles. The molecule has 2 aromatic carbocycles. The van der Waals surface area contributed by atoms with Crippen LogP contribution in [0.2, 0.25) is 0 Å². The summed E-state index contributed by atoms with van der Waals surface area (Å²) in [5, 5.41) is 18.6. The molecule has 0 bridgehead atoms. The maximum Gasteiger partial charge on any atom is 0.297 e. The predicted octanol–water partition coefficient (Wildman–Crippen LogP) is 2.35. The second-order valence-electron chi connectivity index (χ2n) is 5.42. The average molecular weight is 353 g/mol. The van der Waals surface area contributed by atoms with Crippen molar-refractivity contribution >= 4 is 11.6 Å². The van der Waals surface area contributed by atoms with E-state index in [2.05, 4.69) is 15.8 Å². The third kappa shape index (κ3) is 3.73. The molecule has 1 amide bonds. The highest BCUT2D eigenvalue weighted by molar-refractivity contribution is 5.92. The molecule has 132 valence electrons. The third-order valence-corrected chi connectivity index (χ3v) is 3.64. The number of hydroxylamine groups is 1. The molecule has 1 aromatic heterocycles. The third-order valence-electron chi connectivity index (χ3n) is 3.64. The van der Waals surface area contributed by atoms with Gasteiger partial charge in [0.2, 0.25) is 0 Å². The van der Waals surface area contributed by atoms with Gasteiger partial charge in [0.1, 0.15) is 0 Å². The minimum atomic E-state index is -0.546. The molecular formula is C17H15N5O4. The molecule has 0 radical (unpaired) electrons. The monoisotopic (exact) mass is 353 g/mol. The van der Waals surface area contributed by atoms with Crippen molar-refractivity contribution in [3.63, 3.8) is 0 Å². The van der Waals surface area contributed by atoms with Crippen molar-refractivity contribution in [3.8, 4) is 5.69 Å². The number of aromatic nitrogens is 3. The number of hydrogen-bond acceptors (Lipinski definition) is 6. The topological polar surface area (TPSA) is 112 Å². The van der Waals surface area contributed by atoms with Gasteiger partial charge < -0.3 is 0 Å². The van der Waals surface area contributed by atoms with E-state index in [1.54, 1.807) is 13.0 Å². The van der Waals surface area contributed by atoms with Crippen LogP contribution in [0.3, 0.4) is 0 Å². The molecule has 0 atom stereocenters. The highest BCUT2D eigenvalue weighted by Gasteiger charge is 2.18. The van der Waals surface area contributed by atoms with Crippen LogP contribution in [-0.2, 0) is 11.4 Å². The molecule has 0 saturated heterocycles. The SMILES string of the molecule is Cc1c(C(=O)NOCc2ccccc2)nnn1-c1cccc([N+](=O)[O-])c1. The summed E-state index contributed by atoms with van der Waals surface area (Å²) in [6.07, 6.45) is 0. The Bertz CT molecular complexity index is 939. The molecule has 0 aliphatic rings. The van der Waals surface area contributed by atoms with Gasteiger partial charge in [-0.15, -0.1) is 5.10 Å². The summed E-state index contributed by atoms with van der Waals surface area (Å²) in [5.41, 5.74) is 4.10. The number of hydrogen-bond donors (Lipinski definition) is 1. The van der Waals surface area contributed by atoms with Gasteiger partial charge in [-0.3, -0.25) is 19.7 Å². The van der Waals surface area contributed by atoms with Crippen LogP contribution in [0.15, 0.2) is 54.6 Å². The van der Waals surface area contributed by atoms with Gasteiger partial charge in [-0.05, 0) is 18.6 Å². The zero-order chi connectivity index (χ0) is 18.5. The summed E-state index contributed by atoms with van der Waals surface area (Å²) in [6.45, 7) is 1.86. The van der Waals surface area contributed by atoms with Gasteiger partial charge in [0.25, 0.3) is 11.6 Å². The highest BCUT2D eigenvalue weighted by atomic mass is 16.7. The number of rotatable bonds is 6. The van der Waals surface area contributed by atoms with Gasteiger partial charge in [-0.25, -0.2) is 10.2 Å². The zero-order valence-electron chi connectivity index (χ0n) is 13.8. The Morgan fingerprint density at radius 2 is 2.00 bits per heavy atom. The van der Waals surface area contributed by atoms with Gasteiger partial charge in [0, 0.05) is 12.1 Å². The summed E-state index contributed by atoms with van der Waals surface area (Å²) in [7, 11) is 0. The van der Waals surface area contributed by atoms with Gasteiger partial charge in [-0.2, -0.15) is 0 Å². The van der Waals surface area contributed by atoms with Crippen LogP contribution >= 0.6 is 0 Å². The zero-order valence-corrected chi connectivity index (χ0v) is 13.8. The van der Waals surface area contributed by atoms with E-state index < -0.39 is 10.8 Å². The molecule has 3 rings (SSSR count). The van der Waals surface area contributed by atoms with Crippen molar-refractivity contribution in [2.75, 3.05) is 0 Å². The molecule has 0 unspecified atom stereocenters. The number of nitro groups is 1. The highest BCUT2D eigenvalue weighted by Crippen LogP contribution is 2.18. The predicted molar refractivity (Wildman–Crippen MR) is 91.4 cm³/mol. The van der Waals surface area contributed by atoms with Gasteiger partial charge in [-0.1, -0.05) is 41.6 Å². The van der Waals surface area contributed by atoms with E-state index in [-0.39, 0.29) is 18.0 Å². The number of amides is 1. The summed E-state index contributed by atoms with van der Waals surface area (Å²) >= 11 is 0. The van der Waals surface area contributed by atoms with E-state index in [1.807, 2.05) is 30.3 Å². The maximum atomic E-state index is 12.2. The maximum absolute atomic E-state index is 12.2. The van der Waals surface area contributed by atoms with Crippen molar-refractivity contribution in [2.45, 2.75) is 13.5 Å². The van der Waals surface area contributed by atoms with Crippen LogP contribution in [0.4, 0.5) is 5.69 Å². The summed E-state index contributed by atoms with van der Waals surface area (Å²) in [5.74, 6) is -0.546. The molecule has 26 heavy (non-hydrogen) atoms. The van der Waals surface area contributed by atoms with E-state index >= 15 is 0 Å². The molecule has 3 aromatic rings. The quantitative estimate of drug-likeness (QED) is 0.538. The second-order valence-corrected chi connectivity index (χ2v) is 5.42. The number of carbonyl (C=O) groups is 1. The van der Waals surface area contributed by atoms with Crippen LogP contribution in [0, 0.1) is 17.0 Å². The summed E-state index contributed by atoms with van der Waals surface area (Å²) in [6, 6.07) is 15.3. The van der Waals surface area contributed by atoms with Crippen molar-refractivity contribution in [3.05, 3.63) is 81.7 Å². The minimum absolute atomic E-state index is 0.0737. The molecular weight excluding hydrogens is 338 g/mol. The van der Waals surface area contributed by atoms with Gasteiger partial charge >= 0.3 is 0 Å². The standard InChI is InChI=1S/C17H15N5O4/c1-12-16(17(23)19-26-11-13-6-3-2-4-7-13)18-20-21(12)14-8-5-9-15(10-14)22(24)25/h2-10H,11H2,1H3,(H,19,23). The molecule has 1 N–H and O–H groups in total. The lowest BCUT2D eigenvalue weighted by Crippen LogP contribution is -2.24. The molecule has 0 fully saturated rings. The number of non-ortho nitro benzene ring substituents is 1. The first kappa shape index (κ1) is 17.2. The number of nitro benzene ring substituents is 1. The first-order valence-electron chi connectivity index (χ1n) is 7.69. The molecule has 0 saturated carbocycles. The Kier molecular flexibility index (Phi) is 4.99. The van der Waals surface area contributed by atoms with Crippen LogP contribution in [-0.4, -0.2) is 25.8 Å². The number of nitrogens with one attached hydrogen (secondary N) is 1. The number of carbonyl (C=O) groups excluding carboxylic acids is 1. The molecule has 1 heterocycles. The lowest BCUT2D eigenvalue weighted by molar-refractivity contribution is -0.384. The Balaban J connectivity index is 1.71. The van der Waals surface area contributed by atoms with E-state index in [1.165, 1.54) is 22.9 Å². The molecule has 9 heteroatoms. The van der Waals surface area contributed by atoms with Crippen LogP contribution < -0.4 is 5.48 Å². The summed E-state index contributed by atoms with van der Waals surface area (Å²) in [4.78, 5) is 27.8. The van der Waals surface area contributed by atoms with Crippen LogP contribution in [0.25, 0.3) is 5.69 Å². The molecule has 0 spiro atoms. The van der Waals surface area contributed by atoms with Crippen LogP contribution in [0.5, 0.6) is 0 Å². The first-order valence-corrected chi connectivity index (χ1v) is 7.69. The molecule has 9 nitrogen and oxygen atoms in total. The van der Waals surface area contributed by atoms with Crippen LogP contribution in [0.1, 0.15) is 21.7 Å². The lowest BCUT2D eigenvalue weighted by Gasteiger charge is -2.06. The van der Waals surface area contributed by atoms with Gasteiger partial charge in [0.15, 0.2) is 5.69 Å². The Morgan fingerprint density at radius 1 is 1.23 bits per heavy atom. The van der Waals surface area contributed by atoms with Crippen molar-refractivity contribution in [1.82, 2.24) is 20.5 Å². The fraction of sp³-hybridized carbons (Fsp3) is 0.118. The Hall–Kier alpha value is -3.59. The summed E-state index contributed by atoms with van der Waals surface area (Å²) < 4.78 is 1.36. The average Bonchev–Trinajstić information content (AvgIpc) is 3.04. The fourth-order valence-corrected chi connectivity index (χ4v) is 2.33. The number of nitrogens with zero attached hydrogens (tertiary/aromatic N) is 4. The Labute approximate surface area is 148 Å². The van der Waals surface area contributed by atoms with E-state index in [4.69, 9.17) is 4.84 Å². The van der Waals surface area contributed by atoms with E-state index in [9.17, 15) is 14.9 Å².